The maximum Gasteiger partial charge on any atom is 0.333 e. The zero-order valence-corrected chi connectivity index (χ0v) is 13.6. The average molecular weight is 311 g/mol. The van der Waals surface area contributed by atoms with Crippen molar-refractivity contribution in [1.29, 1.82) is 0 Å². The van der Waals surface area contributed by atoms with Crippen molar-refractivity contribution in [2.75, 3.05) is 7.11 Å². The van der Waals surface area contributed by atoms with Crippen LogP contribution in [0, 0.1) is 0 Å². The maximum atomic E-state index is 12.4. The van der Waals surface area contributed by atoms with Crippen LogP contribution in [0.3, 0.4) is 0 Å². The minimum absolute atomic E-state index is 0.306. The van der Waals surface area contributed by atoms with Gasteiger partial charge in [0.05, 0.1) is 7.11 Å². The summed E-state index contributed by atoms with van der Waals surface area (Å²) in [6.45, 7) is 4.19. The Balaban J connectivity index is 2.19. The fourth-order valence-electron chi connectivity index (χ4n) is 2.28. The molecule has 4 heteroatoms. The summed E-state index contributed by atoms with van der Waals surface area (Å²) in [5.74, 6) is -0.401. The molecule has 1 N–H and O–H groups in total. The fourth-order valence-corrected chi connectivity index (χ4v) is 2.28. The van der Waals surface area contributed by atoms with E-state index in [9.17, 15) is 9.59 Å². The minimum Gasteiger partial charge on any atom is -0.467 e. The molecule has 0 aliphatic carbocycles. The van der Waals surface area contributed by atoms with E-state index in [1.807, 2.05) is 30.3 Å². The van der Waals surface area contributed by atoms with E-state index in [2.05, 4.69) is 19.2 Å². The summed E-state index contributed by atoms with van der Waals surface area (Å²) in [7, 11) is 1.31. The topological polar surface area (TPSA) is 55.4 Å². The second kappa shape index (κ2) is 7.58. The van der Waals surface area contributed by atoms with Gasteiger partial charge in [0, 0.05) is 5.56 Å². The zero-order valence-electron chi connectivity index (χ0n) is 13.6. The second-order valence-electron chi connectivity index (χ2n) is 5.62. The zero-order chi connectivity index (χ0) is 16.8. The molecule has 0 bridgehead atoms. The number of benzene rings is 2. The molecule has 2 rings (SSSR count). The van der Waals surface area contributed by atoms with Gasteiger partial charge in [-0.2, -0.15) is 0 Å². The molecule has 0 aliphatic rings. The van der Waals surface area contributed by atoms with Gasteiger partial charge < -0.3 is 10.1 Å². The molecular weight excluding hydrogens is 290 g/mol. The summed E-state index contributed by atoms with van der Waals surface area (Å²) >= 11 is 0. The molecule has 0 aliphatic heterocycles. The Morgan fingerprint density at radius 1 is 0.913 bits per heavy atom. The van der Waals surface area contributed by atoms with Gasteiger partial charge in [0.2, 0.25) is 0 Å². The van der Waals surface area contributed by atoms with Crippen molar-refractivity contribution in [3.8, 4) is 0 Å². The van der Waals surface area contributed by atoms with E-state index in [-0.39, 0.29) is 5.91 Å². The van der Waals surface area contributed by atoms with Crippen molar-refractivity contribution in [1.82, 2.24) is 5.32 Å². The third kappa shape index (κ3) is 4.19. The number of nitrogens with one attached hydrogen (secondary N) is 1. The minimum atomic E-state index is -0.821. The van der Waals surface area contributed by atoms with Gasteiger partial charge >= 0.3 is 5.97 Å². The maximum absolute atomic E-state index is 12.4. The van der Waals surface area contributed by atoms with Crippen molar-refractivity contribution in [2.24, 2.45) is 0 Å². The Kier molecular flexibility index (Phi) is 5.52. The summed E-state index contributed by atoms with van der Waals surface area (Å²) in [6, 6.07) is 15.6. The monoisotopic (exact) mass is 311 g/mol. The smallest absolute Gasteiger partial charge is 0.333 e. The highest BCUT2D eigenvalue weighted by Crippen LogP contribution is 2.17. The molecule has 0 spiro atoms. The first-order chi connectivity index (χ1) is 11.0. The highest BCUT2D eigenvalue weighted by Gasteiger charge is 2.23. The van der Waals surface area contributed by atoms with Gasteiger partial charge in [-0.25, -0.2) is 4.79 Å². The molecule has 0 radical (unpaired) electrons. The number of rotatable bonds is 5. The van der Waals surface area contributed by atoms with Crippen LogP contribution in [0.1, 0.15) is 47.3 Å². The van der Waals surface area contributed by atoms with Gasteiger partial charge in [-0.15, -0.1) is 0 Å². The SMILES string of the molecule is COC(=O)C(NC(=O)c1ccc(C(C)C)cc1)c1ccccc1. The van der Waals surface area contributed by atoms with Crippen LogP contribution in [0.4, 0.5) is 0 Å². The Labute approximate surface area is 136 Å². The van der Waals surface area contributed by atoms with E-state index in [1.165, 1.54) is 7.11 Å². The Morgan fingerprint density at radius 3 is 2.04 bits per heavy atom. The summed E-state index contributed by atoms with van der Waals surface area (Å²) in [5.41, 5.74) is 2.36. The third-order valence-corrected chi connectivity index (χ3v) is 3.68. The Bertz CT molecular complexity index is 663. The van der Waals surface area contributed by atoms with Gasteiger partial charge in [-0.1, -0.05) is 56.3 Å². The van der Waals surface area contributed by atoms with Crippen LogP contribution in [0.25, 0.3) is 0 Å². The average Bonchev–Trinajstić information content (AvgIpc) is 2.59. The van der Waals surface area contributed by atoms with E-state index < -0.39 is 12.0 Å². The predicted molar refractivity (Wildman–Crippen MR) is 89.2 cm³/mol. The lowest BCUT2D eigenvalue weighted by Gasteiger charge is -2.17. The number of carbonyl (C=O) groups is 2. The van der Waals surface area contributed by atoms with Crippen LogP contribution >= 0.6 is 0 Å². The summed E-state index contributed by atoms with van der Waals surface area (Å²) in [5, 5.41) is 2.74. The molecule has 0 heterocycles. The van der Waals surface area contributed by atoms with E-state index in [0.29, 0.717) is 17.0 Å². The number of hydrogen-bond acceptors (Lipinski definition) is 3. The molecule has 120 valence electrons. The van der Waals surface area contributed by atoms with Crippen LogP contribution < -0.4 is 5.32 Å². The summed E-state index contributed by atoms with van der Waals surface area (Å²) in [4.78, 5) is 24.4. The van der Waals surface area contributed by atoms with Crippen LogP contribution in [0.15, 0.2) is 54.6 Å². The Hall–Kier alpha value is -2.62. The molecule has 1 unspecified atom stereocenters. The van der Waals surface area contributed by atoms with Crippen molar-refractivity contribution in [2.45, 2.75) is 25.8 Å². The molecule has 2 aromatic carbocycles. The molecular formula is C19H21NO3. The second-order valence-corrected chi connectivity index (χ2v) is 5.62. The van der Waals surface area contributed by atoms with Crippen LogP contribution in [-0.4, -0.2) is 19.0 Å². The van der Waals surface area contributed by atoms with Crippen molar-refractivity contribution < 1.29 is 14.3 Å². The number of esters is 1. The normalized spacial score (nSPS) is 11.8. The standard InChI is InChI=1S/C19H21NO3/c1-13(2)14-9-11-16(12-10-14)18(21)20-17(19(22)23-3)15-7-5-4-6-8-15/h4-13,17H,1-3H3,(H,20,21). The molecule has 0 saturated heterocycles. The van der Waals surface area contributed by atoms with Gasteiger partial charge in [0.15, 0.2) is 6.04 Å². The first kappa shape index (κ1) is 16.7. The van der Waals surface area contributed by atoms with E-state index in [0.717, 1.165) is 5.56 Å². The third-order valence-electron chi connectivity index (χ3n) is 3.68. The van der Waals surface area contributed by atoms with Crippen molar-refractivity contribution in [3.05, 3.63) is 71.3 Å². The molecule has 4 nitrogen and oxygen atoms in total. The molecule has 1 amide bonds. The lowest BCUT2D eigenvalue weighted by atomic mass is 10.0. The van der Waals surface area contributed by atoms with Gasteiger partial charge in [0.25, 0.3) is 5.91 Å². The van der Waals surface area contributed by atoms with Crippen LogP contribution in [0.5, 0.6) is 0 Å². The number of methoxy groups -OCH3 is 1. The van der Waals surface area contributed by atoms with Crippen LogP contribution in [0.2, 0.25) is 0 Å². The number of carbonyl (C=O) groups excluding carboxylic acids is 2. The molecule has 23 heavy (non-hydrogen) atoms. The Morgan fingerprint density at radius 2 is 1.52 bits per heavy atom. The highest BCUT2D eigenvalue weighted by molar-refractivity contribution is 5.97. The molecule has 0 fully saturated rings. The van der Waals surface area contributed by atoms with E-state index in [1.54, 1.807) is 24.3 Å². The predicted octanol–water partition coefficient (Wildman–Crippen LogP) is 3.45. The molecule has 1 atom stereocenters. The quantitative estimate of drug-likeness (QED) is 0.860. The van der Waals surface area contributed by atoms with Gasteiger partial charge in [-0.05, 0) is 29.2 Å². The lowest BCUT2D eigenvalue weighted by molar-refractivity contribution is -0.143. The fraction of sp³-hybridized carbons (Fsp3) is 0.263. The summed E-state index contributed by atoms with van der Waals surface area (Å²) in [6.07, 6.45) is 0. The molecule has 2 aromatic rings. The number of amides is 1. The van der Waals surface area contributed by atoms with Gasteiger partial charge in [0.1, 0.15) is 0 Å². The highest BCUT2D eigenvalue weighted by atomic mass is 16.5. The van der Waals surface area contributed by atoms with Gasteiger partial charge in [-0.3, -0.25) is 4.79 Å². The molecule has 0 aromatic heterocycles. The molecule has 0 saturated carbocycles. The number of hydrogen-bond donors (Lipinski definition) is 1. The first-order valence-electron chi connectivity index (χ1n) is 7.56. The van der Waals surface area contributed by atoms with E-state index >= 15 is 0 Å². The largest absolute Gasteiger partial charge is 0.467 e. The summed E-state index contributed by atoms with van der Waals surface area (Å²) < 4.78 is 4.80. The van der Waals surface area contributed by atoms with Crippen molar-refractivity contribution >= 4 is 11.9 Å². The van der Waals surface area contributed by atoms with Crippen LogP contribution in [-0.2, 0) is 9.53 Å². The number of ether oxygens (including phenoxy) is 1. The lowest BCUT2D eigenvalue weighted by Crippen LogP contribution is -2.34. The van der Waals surface area contributed by atoms with Crippen molar-refractivity contribution in [3.63, 3.8) is 0 Å². The van der Waals surface area contributed by atoms with E-state index in [4.69, 9.17) is 4.74 Å². The first-order valence-corrected chi connectivity index (χ1v) is 7.56.